The third-order valence-corrected chi connectivity index (χ3v) is 8.05. The zero-order chi connectivity index (χ0) is 26.1. The first-order chi connectivity index (χ1) is 18.7. The smallest absolute Gasteiger partial charge is 0.118 e. The molecule has 4 aromatic carbocycles. The van der Waals surface area contributed by atoms with Crippen LogP contribution in [0.1, 0.15) is 36.0 Å². The Morgan fingerprint density at radius 3 is 1.89 bits per heavy atom. The summed E-state index contributed by atoms with van der Waals surface area (Å²) in [6.07, 6.45) is 5.49. The minimum atomic E-state index is 0.779. The molecule has 0 unspecified atom stereocenters. The highest BCUT2D eigenvalue weighted by molar-refractivity contribution is 6.03. The third kappa shape index (κ3) is 4.09. The van der Waals surface area contributed by atoms with E-state index in [1.54, 1.807) is 14.2 Å². The molecule has 0 N–H and O–H groups in total. The van der Waals surface area contributed by atoms with Crippen molar-refractivity contribution in [1.29, 1.82) is 5.26 Å². The van der Waals surface area contributed by atoms with Gasteiger partial charge in [-0.05, 0) is 95.3 Å². The highest BCUT2D eigenvalue weighted by atomic mass is 16.5. The van der Waals surface area contributed by atoms with Gasteiger partial charge >= 0.3 is 0 Å². The summed E-state index contributed by atoms with van der Waals surface area (Å²) in [6.45, 7) is 1.99. The number of benzene rings is 4. The molecule has 4 nitrogen and oxygen atoms in total. The number of hydrogen-bond acceptors (Lipinski definition) is 4. The first-order valence-corrected chi connectivity index (χ1v) is 13.5. The van der Waals surface area contributed by atoms with Gasteiger partial charge in [-0.1, -0.05) is 48.5 Å². The second-order valence-corrected chi connectivity index (χ2v) is 10.1. The van der Waals surface area contributed by atoms with Crippen LogP contribution >= 0.6 is 0 Å². The minimum Gasteiger partial charge on any atom is -0.497 e. The molecule has 6 rings (SSSR count). The fourth-order valence-corrected chi connectivity index (χ4v) is 6.24. The largest absolute Gasteiger partial charge is 0.497 e. The average molecular weight is 501 g/mol. The van der Waals surface area contributed by atoms with Crippen LogP contribution < -0.4 is 14.4 Å². The van der Waals surface area contributed by atoms with E-state index in [-0.39, 0.29) is 0 Å². The summed E-state index contributed by atoms with van der Waals surface area (Å²) >= 11 is 0. The van der Waals surface area contributed by atoms with E-state index in [1.165, 1.54) is 28.7 Å². The number of piperidine rings is 1. The van der Waals surface area contributed by atoms with Gasteiger partial charge in [-0.3, -0.25) is 0 Å². The lowest BCUT2D eigenvalue weighted by molar-refractivity contribution is 0.414. The molecule has 1 aliphatic carbocycles. The summed E-state index contributed by atoms with van der Waals surface area (Å²) < 4.78 is 11.0. The Labute approximate surface area is 225 Å². The van der Waals surface area contributed by atoms with Gasteiger partial charge < -0.3 is 14.4 Å². The van der Waals surface area contributed by atoms with Gasteiger partial charge in [-0.2, -0.15) is 5.26 Å². The predicted octanol–water partition coefficient (Wildman–Crippen LogP) is 7.67. The van der Waals surface area contributed by atoms with Gasteiger partial charge in [-0.15, -0.1) is 0 Å². The van der Waals surface area contributed by atoms with Gasteiger partial charge in [0.2, 0.25) is 0 Å². The van der Waals surface area contributed by atoms with Gasteiger partial charge in [-0.25, -0.2) is 0 Å². The summed E-state index contributed by atoms with van der Waals surface area (Å²) in [5.41, 5.74) is 11.4. The Hall–Kier alpha value is -4.23. The van der Waals surface area contributed by atoms with Gasteiger partial charge in [0.15, 0.2) is 0 Å². The maximum absolute atomic E-state index is 10.8. The molecule has 0 saturated carbocycles. The first-order valence-electron chi connectivity index (χ1n) is 13.5. The molecule has 0 spiro atoms. The maximum Gasteiger partial charge on any atom is 0.118 e. The van der Waals surface area contributed by atoms with Crippen LogP contribution in [0, 0.1) is 11.3 Å². The molecule has 4 heteroatoms. The average Bonchev–Trinajstić information content (AvgIpc) is 3.00. The van der Waals surface area contributed by atoms with Crippen molar-refractivity contribution in [3.8, 4) is 50.9 Å². The Bertz CT molecular complexity index is 1510. The first kappa shape index (κ1) is 24.1. The molecular formula is C34H32N2O2. The van der Waals surface area contributed by atoms with Crippen LogP contribution in [-0.2, 0) is 12.8 Å². The lowest BCUT2D eigenvalue weighted by atomic mass is 9.75. The quantitative estimate of drug-likeness (QED) is 0.282. The summed E-state index contributed by atoms with van der Waals surface area (Å²) in [4.78, 5) is 2.49. The van der Waals surface area contributed by atoms with E-state index >= 15 is 0 Å². The normalized spacial score (nSPS) is 14.3. The molecule has 1 heterocycles. The molecule has 1 saturated heterocycles. The van der Waals surface area contributed by atoms with Crippen molar-refractivity contribution in [3.05, 3.63) is 89.5 Å². The van der Waals surface area contributed by atoms with E-state index in [0.29, 0.717) is 0 Å². The summed E-state index contributed by atoms with van der Waals surface area (Å²) in [6, 6.07) is 27.9. The molecule has 2 aliphatic rings. The van der Waals surface area contributed by atoms with Crippen molar-refractivity contribution in [2.75, 3.05) is 32.2 Å². The maximum atomic E-state index is 10.8. The summed E-state index contributed by atoms with van der Waals surface area (Å²) in [5, 5.41) is 10.8. The SMILES string of the molecule is COc1ccc(-c2c(C#N)c(N3CCCCC3)c3c(c2-c2ccc(OC)cc2)-c2ccccc2CC3)cc1. The summed E-state index contributed by atoms with van der Waals surface area (Å²) in [5.74, 6) is 1.62. The predicted molar refractivity (Wildman–Crippen MR) is 154 cm³/mol. The number of aryl methyl sites for hydroxylation is 1. The topological polar surface area (TPSA) is 45.5 Å². The highest BCUT2D eigenvalue weighted by Crippen LogP contribution is 2.52. The van der Waals surface area contributed by atoms with Crippen LogP contribution in [0.25, 0.3) is 33.4 Å². The van der Waals surface area contributed by atoms with Gasteiger partial charge in [0.25, 0.3) is 0 Å². The molecule has 4 aromatic rings. The van der Waals surface area contributed by atoms with E-state index in [2.05, 4.69) is 59.5 Å². The standard InChI is InChI=1S/C34H32N2O2/c1-37-26-15-10-24(11-16-26)31-30(22-35)34(36-20-6-3-7-21-36)29-19-14-23-8-4-5-9-28(23)33(29)32(31)25-12-17-27(38-2)18-13-25/h4-5,8-13,15-18H,3,6-7,14,19-21H2,1-2H3. The Morgan fingerprint density at radius 2 is 1.29 bits per heavy atom. The number of ether oxygens (including phenoxy) is 2. The van der Waals surface area contributed by atoms with Crippen molar-refractivity contribution in [3.63, 3.8) is 0 Å². The molecule has 38 heavy (non-hydrogen) atoms. The van der Waals surface area contributed by atoms with Crippen LogP contribution in [0.4, 0.5) is 5.69 Å². The molecule has 0 atom stereocenters. The van der Waals surface area contributed by atoms with Crippen LogP contribution in [0.2, 0.25) is 0 Å². The lowest BCUT2D eigenvalue weighted by Crippen LogP contribution is -2.32. The fraction of sp³-hybridized carbons (Fsp3) is 0.265. The molecular weight excluding hydrogens is 468 g/mol. The minimum absolute atomic E-state index is 0.779. The number of hydrogen-bond donors (Lipinski definition) is 0. The zero-order valence-corrected chi connectivity index (χ0v) is 22.1. The number of methoxy groups -OCH3 is 2. The number of nitrogens with zero attached hydrogens (tertiary/aromatic N) is 2. The molecule has 190 valence electrons. The molecule has 0 aromatic heterocycles. The van der Waals surface area contributed by atoms with Crippen molar-refractivity contribution in [2.24, 2.45) is 0 Å². The van der Waals surface area contributed by atoms with Gasteiger partial charge in [0.05, 0.1) is 25.5 Å². The van der Waals surface area contributed by atoms with E-state index in [0.717, 1.165) is 83.8 Å². The number of rotatable bonds is 5. The number of fused-ring (bicyclic) bond motifs is 3. The molecule has 0 amide bonds. The number of nitriles is 1. The lowest BCUT2D eigenvalue weighted by Gasteiger charge is -2.36. The molecule has 0 bridgehead atoms. The van der Waals surface area contributed by atoms with Crippen molar-refractivity contribution < 1.29 is 9.47 Å². The Kier molecular flexibility index (Phi) is 6.52. The molecule has 1 aliphatic heterocycles. The van der Waals surface area contributed by atoms with Crippen LogP contribution in [-0.4, -0.2) is 27.3 Å². The second kappa shape index (κ2) is 10.3. The highest BCUT2D eigenvalue weighted by Gasteiger charge is 2.32. The van der Waals surface area contributed by atoms with Crippen LogP contribution in [0.3, 0.4) is 0 Å². The second-order valence-electron chi connectivity index (χ2n) is 10.1. The third-order valence-electron chi connectivity index (χ3n) is 8.05. The molecule has 1 fully saturated rings. The molecule has 0 radical (unpaired) electrons. The van der Waals surface area contributed by atoms with Gasteiger partial charge in [0.1, 0.15) is 17.6 Å². The fourth-order valence-electron chi connectivity index (χ4n) is 6.24. The van der Waals surface area contributed by atoms with Crippen LogP contribution in [0.15, 0.2) is 72.8 Å². The summed E-state index contributed by atoms with van der Waals surface area (Å²) in [7, 11) is 3.37. The van der Waals surface area contributed by atoms with Crippen molar-refractivity contribution in [2.45, 2.75) is 32.1 Å². The Balaban J connectivity index is 1.75. The van der Waals surface area contributed by atoms with Crippen molar-refractivity contribution >= 4 is 5.69 Å². The van der Waals surface area contributed by atoms with E-state index in [9.17, 15) is 5.26 Å². The van der Waals surface area contributed by atoms with E-state index in [1.807, 2.05) is 24.3 Å². The monoisotopic (exact) mass is 500 g/mol. The van der Waals surface area contributed by atoms with E-state index in [4.69, 9.17) is 9.47 Å². The Morgan fingerprint density at radius 1 is 0.684 bits per heavy atom. The van der Waals surface area contributed by atoms with E-state index < -0.39 is 0 Å². The van der Waals surface area contributed by atoms with Crippen molar-refractivity contribution in [1.82, 2.24) is 0 Å². The van der Waals surface area contributed by atoms with Gasteiger partial charge in [0, 0.05) is 18.7 Å². The van der Waals surface area contributed by atoms with Crippen LogP contribution in [0.5, 0.6) is 11.5 Å². The number of anilines is 1. The zero-order valence-electron chi connectivity index (χ0n) is 22.1.